The second kappa shape index (κ2) is 4.71. The van der Waals surface area contributed by atoms with Crippen molar-refractivity contribution in [2.45, 2.75) is 5.92 Å². The van der Waals surface area contributed by atoms with Crippen LogP contribution in [0.5, 0.6) is 0 Å². The molecule has 15 heavy (non-hydrogen) atoms. The van der Waals surface area contributed by atoms with Crippen molar-refractivity contribution in [3.8, 4) is 6.07 Å². The van der Waals surface area contributed by atoms with Gasteiger partial charge in [0, 0.05) is 5.69 Å². The van der Waals surface area contributed by atoms with E-state index in [1.54, 1.807) is 18.2 Å². The summed E-state index contributed by atoms with van der Waals surface area (Å²) in [6, 6.07) is 8.12. The average molecular weight is 212 g/mol. The van der Waals surface area contributed by atoms with Gasteiger partial charge in [-0.15, -0.1) is 0 Å². The van der Waals surface area contributed by atoms with Gasteiger partial charge in [0.2, 0.25) is 0 Å². The Kier molecular flexibility index (Phi) is 3.58. The van der Waals surface area contributed by atoms with Crippen LogP contribution in [0.3, 0.4) is 0 Å². The van der Waals surface area contributed by atoms with Crippen LogP contribution < -0.4 is 5.32 Å². The van der Waals surface area contributed by atoms with Gasteiger partial charge in [-0.1, -0.05) is 6.07 Å². The standard InChI is InChI=1S/C10H10F2N2O/c11-10(12,7-15)6-14-9-3-1-2-8(4-9)5-13/h1-4,14-15H,6-7H2. The fourth-order valence-electron chi connectivity index (χ4n) is 0.986. The van der Waals surface area contributed by atoms with Crippen LogP contribution in [0.25, 0.3) is 0 Å². The first-order valence-corrected chi connectivity index (χ1v) is 4.30. The number of hydrogen-bond donors (Lipinski definition) is 2. The van der Waals surface area contributed by atoms with Crippen molar-refractivity contribution in [1.29, 1.82) is 5.26 Å². The van der Waals surface area contributed by atoms with E-state index < -0.39 is 19.1 Å². The van der Waals surface area contributed by atoms with E-state index in [4.69, 9.17) is 10.4 Å². The van der Waals surface area contributed by atoms with Gasteiger partial charge in [-0.05, 0) is 18.2 Å². The van der Waals surface area contributed by atoms with E-state index in [9.17, 15) is 8.78 Å². The molecule has 0 fully saturated rings. The van der Waals surface area contributed by atoms with E-state index in [1.807, 2.05) is 6.07 Å². The Morgan fingerprint density at radius 1 is 1.47 bits per heavy atom. The van der Waals surface area contributed by atoms with Gasteiger partial charge in [-0.25, -0.2) is 8.78 Å². The Bertz CT molecular complexity index is 374. The first kappa shape index (κ1) is 11.4. The summed E-state index contributed by atoms with van der Waals surface area (Å²) in [7, 11) is 0. The molecule has 0 aliphatic rings. The van der Waals surface area contributed by atoms with Crippen molar-refractivity contribution in [2.24, 2.45) is 0 Å². The maximum atomic E-state index is 12.6. The predicted molar refractivity (Wildman–Crippen MR) is 51.7 cm³/mol. The van der Waals surface area contributed by atoms with Gasteiger partial charge in [0.05, 0.1) is 18.2 Å². The van der Waals surface area contributed by atoms with Crippen LogP contribution in [-0.2, 0) is 0 Å². The van der Waals surface area contributed by atoms with Crippen molar-refractivity contribution < 1.29 is 13.9 Å². The molecule has 3 nitrogen and oxygen atoms in total. The molecule has 0 aliphatic heterocycles. The fourth-order valence-corrected chi connectivity index (χ4v) is 0.986. The molecule has 0 radical (unpaired) electrons. The summed E-state index contributed by atoms with van der Waals surface area (Å²) in [6.07, 6.45) is 0. The number of nitriles is 1. The van der Waals surface area contributed by atoms with Crippen molar-refractivity contribution in [1.82, 2.24) is 0 Å². The predicted octanol–water partition coefficient (Wildman–Crippen LogP) is 1.60. The highest BCUT2D eigenvalue weighted by molar-refractivity contribution is 5.49. The lowest BCUT2D eigenvalue weighted by atomic mass is 10.2. The van der Waals surface area contributed by atoms with E-state index in [1.165, 1.54) is 6.07 Å². The molecule has 0 amide bonds. The molecule has 0 aromatic heterocycles. The number of alkyl halides is 2. The topological polar surface area (TPSA) is 56.0 Å². The Morgan fingerprint density at radius 2 is 2.20 bits per heavy atom. The first-order chi connectivity index (χ1) is 7.07. The number of rotatable bonds is 4. The van der Waals surface area contributed by atoms with Crippen LogP contribution >= 0.6 is 0 Å². The quantitative estimate of drug-likeness (QED) is 0.797. The van der Waals surface area contributed by atoms with E-state index in [0.29, 0.717) is 11.3 Å². The normalized spacial score (nSPS) is 10.8. The number of aliphatic hydroxyl groups is 1. The highest BCUT2D eigenvalue weighted by atomic mass is 19.3. The highest BCUT2D eigenvalue weighted by Gasteiger charge is 2.27. The van der Waals surface area contributed by atoms with Crippen LogP contribution in [0, 0.1) is 11.3 Å². The van der Waals surface area contributed by atoms with E-state index >= 15 is 0 Å². The van der Waals surface area contributed by atoms with Crippen LogP contribution in [0.4, 0.5) is 14.5 Å². The minimum absolute atomic E-state index is 0.396. The van der Waals surface area contributed by atoms with E-state index in [2.05, 4.69) is 5.32 Å². The number of anilines is 1. The van der Waals surface area contributed by atoms with Gasteiger partial charge in [0.1, 0.15) is 6.61 Å². The van der Waals surface area contributed by atoms with Crippen LogP contribution in [0.2, 0.25) is 0 Å². The molecular formula is C10H10F2N2O. The molecule has 0 heterocycles. The lowest BCUT2D eigenvalue weighted by Crippen LogP contribution is -2.30. The van der Waals surface area contributed by atoms with Gasteiger partial charge in [-0.2, -0.15) is 5.26 Å². The third kappa shape index (κ3) is 3.52. The Balaban J connectivity index is 2.62. The summed E-state index contributed by atoms with van der Waals surface area (Å²) in [4.78, 5) is 0. The lowest BCUT2D eigenvalue weighted by Gasteiger charge is -2.14. The first-order valence-electron chi connectivity index (χ1n) is 4.30. The largest absolute Gasteiger partial charge is 0.390 e. The fraction of sp³-hybridized carbons (Fsp3) is 0.300. The molecule has 0 unspecified atom stereocenters. The summed E-state index contributed by atoms with van der Waals surface area (Å²) >= 11 is 0. The SMILES string of the molecule is N#Cc1cccc(NCC(F)(F)CO)c1. The molecule has 0 aliphatic carbocycles. The minimum atomic E-state index is -3.15. The van der Waals surface area contributed by atoms with Gasteiger partial charge in [0.15, 0.2) is 0 Å². The molecule has 1 aromatic carbocycles. The Labute approximate surface area is 86.0 Å². The molecule has 5 heteroatoms. The maximum Gasteiger partial charge on any atom is 0.287 e. The third-order valence-corrected chi connectivity index (χ3v) is 1.77. The zero-order valence-electron chi connectivity index (χ0n) is 7.87. The summed E-state index contributed by atoms with van der Waals surface area (Å²) in [5.41, 5.74) is 0.828. The molecule has 0 saturated heterocycles. The lowest BCUT2D eigenvalue weighted by molar-refractivity contribution is -0.0372. The van der Waals surface area contributed by atoms with Gasteiger partial charge >= 0.3 is 0 Å². The molecule has 0 spiro atoms. The highest BCUT2D eigenvalue weighted by Crippen LogP contribution is 2.15. The van der Waals surface area contributed by atoms with Crippen LogP contribution in [-0.4, -0.2) is 24.2 Å². The molecule has 0 saturated carbocycles. The van der Waals surface area contributed by atoms with Crippen molar-refractivity contribution in [3.63, 3.8) is 0 Å². The number of aliphatic hydroxyl groups excluding tert-OH is 1. The number of halogens is 2. The molecule has 0 bridgehead atoms. The summed E-state index contributed by atoms with van der Waals surface area (Å²) < 4.78 is 25.3. The van der Waals surface area contributed by atoms with E-state index in [-0.39, 0.29) is 0 Å². The Hall–Kier alpha value is -1.67. The minimum Gasteiger partial charge on any atom is -0.390 e. The second-order valence-electron chi connectivity index (χ2n) is 3.06. The summed E-state index contributed by atoms with van der Waals surface area (Å²) in [5, 5.41) is 19.4. The number of benzene rings is 1. The van der Waals surface area contributed by atoms with Crippen molar-refractivity contribution >= 4 is 5.69 Å². The molecule has 1 rings (SSSR count). The van der Waals surface area contributed by atoms with Crippen molar-refractivity contribution in [2.75, 3.05) is 18.5 Å². The third-order valence-electron chi connectivity index (χ3n) is 1.77. The number of nitrogens with zero attached hydrogens (tertiary/aromatic N) is 1. The molecule has 1 aromatic rings. The number of hydrogen-bond acceptors (Lipinski definition) is 3. The summed E-state index contributed by atoms with van der Waals surface area (Å²) in [5.74, 6) is -3.15. The Morgan fingerprint density at radius 3 is 2.80 bits per heavy atom. The maximum absolute atomic E-state index is 12.6. The van der Waals surface area contributed by atoms with Crippen LogP contribution in [0.15, 0.2) is 24.3 Å². The van der Waals surface area contributed by atoms with Crippen molar-refractivity contribution in [3.05, 3.63) is 29.8 Å². The molecular weight excluding hydrogens is 202 g/mol. The van der Waals surface area contributed by atoms with Crippen LogP contribution in [0.1, 0.15) is 5.56 Å². The average Bonchev–Trinajstić information content (AvgIpc) is 2.27. The van der Waals surface area contributed by atoms with Gasteiger partial charge in [-0.3, -0.25) is 0 Å². The monoisotopic (exact) mass is 212 g/mol. The second-order valence-corrected chi connectivity index (χ2v) is 3.06. The zero-order valence-corrected chi connectivity index (χ0v) is 7.87. The number of nitrogens with one attached hydrogen (secondary N) is 1. The summed E-state index contributed by atoms with van der Waals surface area (Å²) in [6.45, 7) is -1.85. The molecule has 0 atom stereocenters. The zero-order chi connectivity index (χ0) is 11.3. The van der Waals surface area contributed by atoms with E-state index in [0.717, 1.165) is 0 Å². The van der Waals surface area contributed by atoms with Gasteiger partial charge in [0.25, 0.3) is 5.92 Å². The van der Waals surface area contributed by atoms with Gasteiger partial charge < -0.3 is 10.4 Å². The molecule has 2 N–H and O–H groups in total. The smallest absolute Gasteiger partial charge is 0.287 e. The molecule has 80 valence electrons.